The summed E-state index contributed by atoms with van der Waals surface area (Å²) in [5.41, 5.74) is 0.519. The first-order chi connectivity index (χ1) is 9.25. The van der Waals surface area contributed by atoms with Crippen molar-refractivity contribution >= 4 is 27.8 Å². The molecule has 2 rings (SSSR count). The fourth-order valence-corrected chi connectivity index (χ4v) is 3.17. The van der Waals surface area contributed by atoms with Crippen molar-refractivity contribution in [2.45, 2.75) is 26.8 Å². The van der Waals surface area contributed by atoms with E-state index in [-0.39, 0.29) is 11.9 Å². The van der Waals surface area contributed by atoms with Crippen LogP contribution in [0.2, 0.25) is 0 Å². The topological polar surface area (TPSA) is 66.4 Å². The van der Waals surface area contributed by atoms with E-state index >= 15 is 0 Å². The van der Waals surface area contributed by atoms with E-state index < -0.39 is 23.2 Å². The quantitative estimate of drug-likeness (QED) is 0.886. The van der Waals surface area contributed by atoms with Gasteiger partial charge in [0.25, 0.3) is 0 Å². The van der Waals surface area contributed by atoms with Crippen LogP contribution < -0.4 is 5.32 Å². The molecule has 1 aromatic rings. The standard InChI is InChI=1S/C15H18BrNO3/c1-8(9-5-4-6-10(16)7-9)17-13(18)11-12(14(19)20)15(11,2)3/h4-8,11-12H,1-3H3,(H,17,18)(H,19,20)/t8-,11?,12?/m1/s1. The van der Waals surface area contributed by atoms with Crippen LogP contribution in [0.5, 0.6) is 0 Å². The number of carbonyl (C=O) groups is 2. The average Bonchev–Trinajstić information content (AvgIpc) is 2.92. The largest absolute Gasteiger partial charge is 0.481 e. The van der Waals surface area contributed by atoms with Crippen molar-refractivity contribution in [1.29, 1.82) is 0 Å². The number of amides is 1. The highest BCUT2D eigenvalue weighted by Crippen LogP contribution is 2.58. The lowest BCUT2D eigenvalue weighted by Crippen LogP contribution is -2.30. The minimum Gasteiger partial charge on any atom is -0.481 e. The summed E-state index contributed by atoms with van der Waals surface area (Å²) in [6.45, 7) is 5.53. The molecule has 1 fully saturated rings. The number of carbonyl (C=O) groups excluding carboxylic acids is 1. The van der Waals surface area contributed by atoms with Crippen molar-refractivity contribution in [2.24, 2.45) is 17.3 Å². The molecule has 0 aliphatic heterocycles. The van der Waals surface area contributed by atoms with Gasteiger partial charge in [0.05, 0.1) is 17.9 Å². The number of carboxylic acids is 1. The zero-order valence-corrected chi connectivity index (χ0v) is 13.3. The molecular weight excluding hydrogens is 322 g/mol. The Morgan fingerprint density at radius 3 is 2.50 bits per heavy atom. The van der Waals surface area contributed by atoms with Gasteiger partial charge in [-0.25, -0.2) is 0 Å². The molecule has 4 nitrogen and oxygen atoms in total. The molecule has 1 aromatic carbocycles. The van der Waals surface area contributed by atoms with Crippen LogP contribution >= 0.6 is 15.9 Å². The molecule has 1 aliphatic carbocycles. The molecule has 0 heterocycles. The number of carboxylic acid groups (broad SMARTS) is 1. The molecule has 1 saturated carbocycles. The Morgan fingerprint density at radius 2 is 2.00 bits per heavy atom. The summed E-state index contributed by atoms with van der Waals surface area (Å²) in [7, 11) is 0. The van der Waals surface area contributed by atoms with Crippen LogP contribution in [-0.4, -0.2) is 17.0 Å². The predicted octanol–water partition coefficient (Wildman–Crippen LogP) is 2.98. The second-order valence-corrected chi connectivity index (χ2v) is 6.82. The van der Waals surface area contributed by atoms with E-state index in [1.807, 2.05) is 45.0 Å². The minimum atomic E-state index is -0.898. The van der Waals surface area contributed by atoms with Crippen LogP contribution in [0, 0.1) is 17.3 Å². The Kier molecular flexibility index (Phi) is 3.91. The van der Waals surface area contributed by atoms with Gasteiger partial charge in [0, 0.05) is 4.47 Å². The molecule has 2 unspecified atom stereocenters. The molecule has 2 N–H and O–H groups in total. The van der Waals surface area contributed by atoms with Gasteiger partial charge in [-0.3, -0.25) is 9.59 Å². The Morgan fingerprint density at radius 1 is 1.35 bits per heavy atom. The summed E-state index contributed by atoms with van der Waals surface area (Å²) in [6, 6.07) is 7.55. The van der Waals surface area contributed by atoms with Gasteiger partial charge >= 0.3 is 5.97 Å². The Balaban J connectivity index is 2.04. The summed E-state index contributed by atoms with van der Waals surface area (Å²) in [5.74, 6) is -2.12. The molecule has 108 valence electrons. The minimum absolute atomic E-state index is 0.147. The maximum atomic E-state index is 12.2. The van der Waals surface area contributed by atoms with Gasteiger partial charge in [-0.1, -0.05) is 41.9 Å². The third-order valence-electron chi connectivity index (χ3n) is 4.08. The van der Waals surface area contributed by atoms with E-state index in [2.05, 4.69) is 21.2 Å². The molecule has 1 amide bonds. The second-order valence-electron chi connectivity index (χ2n) is 5.90. The van der Waals surface area contributed by atoms with Crippen molar-refractivity contribution < 1.29 is 14.7 Å². The van der Waals surface area contributed by atoms with E-state index in [9.17, 15) is 9.59 Å². The highest BCUT2D eigenvalue weighted by atomic mass is 79.9. The number of aliphatic carboxylic acids is 1. The highest BCUT2D eigenvalue weighted by molar-refractivity contribution is 9.10. The third-order valence-corrected chi connectivity index (χ3v) is 4.58. The van der Waals surface area contributed by atoms with Crippen LogP contribution in [-0.2, 0) is 9.59 Å². The molecule has 0 bridgehead atoms. The van der Waals surface area contributed by atoms with Gasteiger partial charge in [0.1, 0.15) is 0 Å². The maximum Gasteiger partial charge on any atom is 0.307 e. The molecular formula is C15H18BrNO3. The van der Waals surface area contributed by atoms with E-state index in [1.165, 1.54) is 0 Å². The van der Waals surface area contributed by atoms with E-state index in [0.29, 0.717) is 0 Å². The Labute approximate surface area is 126 Å². The SMILES string of the molecule is C[C@@H](NC(=O)C1C(C(=O)O)C1(C)C)c1cccc(Br)c1. The van der Waals surface area contributed by atoms with Crippen LogP contribution in [0.25, 0.3) is 0 Å². The Hall–Kier alpha value is -1.36. The number of hydrogen-bond donors (Lipinski definition) is 2. The van der Waals surface area contributed by atoms with Gasteiger partial charge in [0.15, 0.2) is 0 Å². The van der Waals surface area contributed by atoms with Crippen molar-refractivity contribution in [3.05, 3.63) is 34.3 Å². The van der Waals surface area contributed by atoms with Gasteiger partial charge < -0.3 is 10.4 Å². The third kappa shape index (κ3) is 2.73. The first kappa shape index (κ1) is 15.0. The molecule has 0 spiro atoms. The molecule has 1 aliphatic rings. The molecule has 5 heteroatoms. The molecule has 0 radical (unpaired) electrons. The van der Waals surface area contributed by atoms with Crippen molar-refractivity contribution in [2.75, 3.05) is 0 Å². The van der Waals surface area contributed by atoms with Gasteiger partial charge in [0.2, 0.25) is 5.91 Å². The van der Waals surface area contributed by atoms with Crippen molar-refractivity contribution in [3.63, 3.8) is 0 Å². The fourth-order valence-electron chi connectivity index (χ4n) is 2.75. The summed E-state index contributed by atoms with van der Waals surface area (Å²) in [5, 5.41) is 12.0. The number of rotatable bonds is 4. The lowest BCUT2D eigenvalue weighted by molar-refractivity contribution is -0.140. The lowest BCUT2D eigenvalue weighted by Gasteiger charge is -2.15. The first-order valence-electron chi connectivity index (χ1n) is 6.53. The molecule has 3 atom stereocenters. The monoisotopic (exact) mass is 339 g/mol. The molecule has 0 saturated heterocycles. The van der Waals surface area contributed by atoms with E-state index in [0.717, 1.165) is 10.0 Å². The number of hydrogen-bond acceptors (Lipinski definition) is 2. The molecule has 0 aromatic heterocycles. The van der Waals surface area contributed by atoms with Crippen molar-refractivity contribution in [1.82, 2.24) is 5.32 Å². The fraction of sp³-hybridized carbons (Fsp3) is 0.467. The Bertz CT molecular complexity index is 556. The van der Waals surface area contributed by atoms with Crippen LogP contribution in [0.15, 0.2) is 28.7 Å². The maximum absolute atomic E-state index is 12.2. The number of nitrogens with one attached hydrogen (secondary N) is 1. The first-order valence-corrected chi connectivity index (χ1v) is 7.33. The summed E-state index contributed by atoms with van der Waals surface area (Å²) >= 11 is 3.39. The van der Waals surface area contributed by atoms with Gasteiger partial charge in [-0.05, 0) is 30.0 Å². The van der Waals surface area contributed by atoms with Crippen LogP contribution in [0.1, 0.15) is 32.4 Å². The smallest absolute Gasteiger partial charge is 0.307 e. The van der Waals surface area contributed by atoms with E-state index in [1.54, 1.807) is 0 Å². The number of benzene rings is 1. The predicted molar refractivity (Wildman–Crippen MR) is 79.1 cm³/mol. The van der Waals surface area contributed by atoms with Gasteiger partial charge in [-0.2, -0.15) is 0 Å². The average molecular weight is 340 g/mol. The van der Waals surface area contributed by atoms with Crippen LogP contribution in [0.3, 0.4) is 0 Å². The summed E-state index contributed by atoms with van der Waals surface area (Å²) in [6.07, 6.45) is 0. The zero-order chi connectivity index (χ0) is 15.1. The van der Waals surface area contributed by atoms with Crippen LogP contribution in [0.4, 0.5) is 0 Å². The summed E-state index contributed by atoms with van der Waals surface area (Å²) in [4.78, 5) is 23.3. The lowest BCUT2D eigenvalue weighted by atomic mass is 10.1. The van der Waals surface area contributed by atoms with Gasteiger partial charge in [-0.15, -0.1) is 0 Å². The summed E-state index contributed by atoms with van der Waals surface area (Å²) < 4.78 is 0.950. The molecule has 20 heavy (non-hydrogen) atoms. The van der Waals surface area contributed by atoms with E-state index in [4.69, 9.17) is 5.11 Å². The highest BCUT2D eigenvalue weighted by Gasteiger charge is 2.65. The zero-order valence-electron chi connectivity index (χ0n) is 11.7. The normalized spacial score (nSPS) is 24.8. The number of halogens is 1. The second kappa shape index (κ2) is 5.20. The van der Waals surface area contributed by atoms with Crippen molar-refractivity contribution in [3.8, 4) is 0 Å².